The second-order valence-corrected chi connectivity index (χ2v) is 3.81. The number of hydrogen-bond acceptors (Lipinski definition) is 4. The van der Waals surface area contributed by atoms with E-state index in [2.05, 4.69) is 0 Å². The number of rotatable bonds is 8. The molecule has 0 amide bonds. The quantitative estimate of drug-likeness (QED) is 0.748. The van der Waals surface area contributed by atoms with Crippen LogP contribution in [0.3, 0.4) is 0 Å². The van der Waals surface area contributed by atoms with Gasteiger partial charge in [0.25, 0.3) is 0 Å². The van der Waals surface area contributed by atoms with Crippen molar-refractivity contribution in [3.05, 3.63) is 29.8 Å². The average Bonchev–Trinajstić information content (AvgIpc) is 2.37. The molecule has 4 heteroatoms. The van der Waals surface area contributed by atoms with Crippen molar-refractivity contribution >= 4 is 0 Å². The molecule has 96 valence electrons. The molecule has 0 aromatic heterocycles. The first-order chi connectivity index (χ1) is 8.30. The first-order valence-corrected chi connectivity index (χ1v) is 5.73. The predicted octanol–water partition coefficient (Wildman–Crippen LogP) is 1.58. The zero-order valence-corrected chi connectivity index (χ0v) is 10.5. The third-order valence-corrected chi connectivity index (χ3v) is 2.49. The molecular formula is C13H21NO3. The van der Waals surface area contributed by atoms with Gasteiger partial charge in [-0.1, -0.05) is 12.1 Å². The molecule has 0 bridgehead atoms. The fraction of sp³-hybridized carbons (Fsp3) is 0.538. The Balaban J connectivity index is 2.41. The van der Waals surface area contributed by atoms with Gasteiger partial charge in [-0.2, -0.15) is 0 Å². The minimum Gasteiger partial charge on any atom is -0.497 e. The second kappa shape index (κ2) is 8.06. The summed E-state index contributed by atoms with van der Waals surface area (Å²) >= 11 is 0. The highest BCUT2D eigenvalue weighted by molar-refractivity contribution is 5.26. The highest BCUT2D eigenvalue weighted by Gasteiger charge is 2.07. The van der Waals surface area contributed by atoms with Crippen molar-refractivity contribution in [1.29, 1.82) is 0 Å². The SMILES string of the molecule is COC[C@@H](CCN)OCc1ccc(OC)cc1. The van der Waals surface area contributed by atoms with E-state index in [1.165, 1.54) is 0 Å². The molecule has 0 aliphatic rings. The molecule has 1 rings (SSSR count). The van der Waals surface area contributed by atoms with Crippen LogP contribution in [-0.2, 0) is 16.1 Å². The Morgan fingerprint density at radius 2 is 1.88 bits per heavy atom. The molecule has 0 aliphatic carbocycles. The summed E-state index contributed by atoms with van der Waals surface area (Å²) < 4.78 is 15.9. The molecule has 1 atom stereocenters. The van der Waals surface area contributed by atoms with E-state index in [0.29, 0.717) is 19.8 Å². The normalized spacial score (nSPS) is 12.4. The summed E-state index contributed by atoms with van der Waals surface area (Å²) in [5.41, 5.74) is 6.63. The minimum atomic E-state index is 0.0621. The average molecular weight is 239 g/mol. The van der Waals surface area contributed by atoms with E-state index in [1.807, 2.05) is 24.3 Å². The van der Waals surface area contributed by atoms with Crippen molar-refractivity contribution in [2.24, 2.45) is 5.73 Å². The molecule has 0 aliphatic heterocycles. The van der Waals surface area contributed by atoms with Gasteiger partial charge in [-0.05, 0) is 30.7 Å². The minimum absolute atomic E-state index is 0.0621. The molecule has 1 aromatic rings. The smallest absolute Gasteiger partial charge is 0.118 e. The number of hydrogen-bond donors (Lipinski definition) is 1. The van der Waals surface area contributed by atoms with E-state index in [9.17, 15) is 0 Å². The van der Waals surface area contributed by atoms with Gasteiger partial charge in [0.15, 0.2) is 0 Å². The maximum Gasteiger partial charge on any atom is 0.118 e. The summed E-state index contributed by atoms with van der Waals surface area (Å²) in [6.07, 6.45) is 0.872. The van der Waals surface area contributed by atoms with Crippen LogP contribution in [0.4, 0.5) is 0 Å². The van der Waals surface area contributed by atoms with Crippen LogP contribution in [0.25, 0.3) is 0 Å². The van der Waals surface area contributed by atoms with Crippen molar-refractivity contribution < 1.29 is 14.2 Å². The second-order valence-electron chi connectivity index (χ2n) is 3.81. The van der Waals surface area contributed by atoms with E-state index >= 15 is 0 Å². The fourth-order valence-corrected chi connectivity index (χ4v) is 1.52. The molecule has 0 heterocycles. The van der Waals surface area contributed by atoms with Crippen LogP contribution in [0.15, 0.2) is 24.3 Å². The Morgan fingerprint density at radius 1 is 1.18 bits per heavy atom. The Hall–Kier alpha value is -1.10. The van der Waals surface area contributed by atoms with Gasteiger partial charge < -0.3 is 19.9 Å². The van der Waals surface area contributed by atoms with Crippen LogP contribution in [0, 0.1) is 0 Å². The molecule has 0 radical (unpaired) electrons. The summed E-state index contributed by atoms with van der Waals surface area (Å²) in [5.74, 6) is 0.851. The molecule has 0 fully saturated rings. The molecule has 0 spiro atoms. The van der Waals surface area contributed by atoms with Crippen molar-refractivity contribution in [2.45, 2.75) is 19.1 Å². The van der Waals surface area contributed by atoms with Crippen LogP contribution in [0.5, 0.6) is 5.75 Å². The maximum atomic E-state index is 5.74. The first kappa shape index (κ1) is 14.0. The van der Waals surface area contributed by atoms with E-state index in [4.69, 9.17) is 19.9 Å². The first-order valence-electron chi connectivity index (χ1n) is 5.73. The van der Waals surface area contributed by atoms with E-state index in [0.717, 1.165) is 17.7 Å². The molecule has 0 saturated heterocycles. The standard InChI is InChI=1S/C13H21NO3/c1-15-10-13(7-8-14)17-9-11-3-5-12(16-2)6-4-11/h3-6,13H,7-10,14H2,1-2H3/t13-/m1/s1. The monoisotopic (exact) mass is 239 g/mol. The Labute approximate surface area is 103 Å². The fourth-order valence-electron chi connectivity index (χ4n) is 1.52. The summed E-state index contributed by atoms with van der Waals surface area (Å²) in [5, 5.41) is 0. The van der Waals surface area contributed by atoms with Gasteiger partial charge in [-0.15, -0.1) is 0 Å². The Bertz CT molecular complexity index is 294. The summed E-state index contributed by atoms with van der Waals surface area (Å²) in [6.45, 7) is 1.75. The molecule has 2 N–H and O–H groups in total. The van der Waals surface area contributed by atoms with Crippen molar-refractivity contribution in [3.8, 4) is 5.75 Å². The zero-order valence-electron chi connectivity index (χ0n) is 10.5. The summed E-state index contributed by atoms with van der Waals surface area (Å²) in [6, 6.07) is 7.83. The van der Waals surface area contributed by atoms with Crippen molar-refractivity contribution in [1.82, 2.24) is 0 Å². The number of benzene rings is 1. The highest BCUT2D eigenvalue weighted by atomic mass is 16.5. The topological polar surface area (TPSA) is 53.7 Å². The lowest BCUT2D eigenvalue weighted by atomic mass is 10.2. The highest BCUT2D eigenvalue weighted by Crippen LogP contribution is 2.13. The third kappa shape index (κ3) is 5.17. The van der Waals surface area contributed by atoms with Gasteiger partial charge in [0.05, 0.1) is 26.4 Å². The number of methoxy groups -OCH3 is 2. The molecule has 4 nitrogen and oxygen atoms in total. The predicted molar refractivity (Wildman–Crippen MR) is 67.1 cm³/mol. The van der Waals surface area contributed by atoms with Gasteiger partial charge in [-0.3, -0.25) is 0 Å². The summed E-state index contributed by atoms with van der Waals surface area (Å²) in [7, 11) is 3.32. The van der Waals surface area contributed by atoms with Crippen LogP contribution < -0.4 is 10.5 Å². The lowest BCUT2D eigenvalue weighted by Crippen LogP contribution is -2.22. The molecular weight excluding hydrogens is 218 g/mol. The van der Waals surface area contributed by atoms with Gasteiger partial charge >= 0.3 is 0 Å². The van der Waals surface area contributed by atoms with E-state index < -0.39 is 0 Å². The van der Waals surface area contributed by atoms with E-state index in [1.54, 1.807) is 14.2 Å². The molecule has 1 aromatic carbocycles. The zero-order chi connectivity index (χ0) is 12.5. The molecule has 0 unspecified atom stereocenters. The van der Waals surface area contributed by atoms with Crippen molar-refractivity contribution in [2.75, 3.05) is 27.4 Å². The van der Waals surface area contributed by atoms with Gasteiger partial charge in [0.1, 0.15) is 5.75 Å². The summed E-state index contributed by atoms with van der Waals surface area (Å²) in [4.78, 5) is 0. The van der Waals surface area contributed by atoms with E-state index in [-0.39, 0.29) is 6.10 Å². The largest absolute Gasteiger partial charge is 0.497 e. The molecule has 0 saturated carbocycles. The number of nitrogens with two attached hydrogens (primary N) is 1. The van der Waals surface area contributed by atoms with Gasteiger partial charge in [-0.25, -0.2) is 0 Å². The molecule has 17 heavy (non-hydrogen) atoms. The van der Waals surface area contributed by atoms with Crippen LogP contribution in [0.2, 0.25) is 0 Å². The van der Waals surface area contributed by atoms with Gasteiger partial charge in [0, 0.05) is 7.11 Å². The van der Waals surface area contributed by atoms with Crippen LogP contribution in [0.1, 0.15) is 12.0 Å². The lowest BCUT2D eigenvalue weighted by molar-refractivity contribution is -0.0140. The van der Waals surface area contributed by atoms with Gasteiger partial charge in [0.2, 0.25) is 0 Å². The maximum absolute atomic E-state index is 5.74. The Morgan fingerprint density at radius 3 is 2.41 bits per heavy atom. The van der Waals surface area contributed by atoms with Crippen molar-refractivity contribution in [3.63, 3.8) is 0 Å². The third-order valence-electron chi connectivity index (χ3n) is 2.49. The van der Waals surface area contributed by atoms with Crippen LogP contribution >= 0.6 is 0 Å². The Kier molecular flexibility index (Phi) is 6.62. The lowest BCUT2D eigenvalue weighted by Gasteiger charge is -2.16. The number of ether oxygens (including phenoxy) is 3. The van der Waals surface area contributed by atoms with Crippen LogP contribution in [-0.4, -0.2) is 33.5 Å².